The molecule has 0 aromatic heterocycles. The Morgan fingerprint density at radius 1 is 1.14 bits per heavy atom. The van der Waals surface area contributed by atoms with Crippen molar-refractivity contribution < 1.29 is 14.3 Å². The molecule has 0 unspecified atom stereocenters. The topological polar surface area (TPSA) is 108 Å². The lowest BCUT2D eigenvalue weighted by Crippen LogP contribution is -2.39. The van der Waals surface area contributed by atoms with Gasteiger partial charge in [-0.3, -0.25) is 14.4 Å². The highest BCUT2D eigenvalue weighted by molar-refractivity contribution is 5.93. The standard InChI is InChI=1S/C14H14N2O5/c1-20-9-4-3-7(5-10(9)21-2)16-11(17)6-8-12(15)14(19)13(8)18/h3-5H,6,15H2,1-2H3,(H,16,17). The van der Waals surface area contributed by atoms with E-state index in [-0.39, 0.29) is 17.7 Å². The minimum atomic E-state index is -0.732. The number of amides is 1. The van der Waals surface area contributed by atoms with Crippen molar-refractivity contribution in [3.8, 4) is 11.5 Å². The zero-order valence-electron chi connectivity index (χ0n) is 11.6. The zero-order valence-corrected chi connectivity index (χ0v) is 11.6. The van der Waals surface area contributed by atoms with Crippen molar-refractivity contribution in [2.45, 2.75) is 6.42 Å². The molecule has 0 aliphatic rings. The molecule has 0 saturated heterocycles. The molecule has 110 valence electrons. The minimum absolute atomic E-state index is 0.0537. The van der Waals surface area contributed by atoms with Crippen LogP contribution in [0.4, 0.5) is 11.4 Å². The summed E-state index contributed by atoms with van der Waals surface area (Å²) < 4.78 is 10.2. The summed E-state index contributed by atoms with van der Waals surface area (Å²) in [6.45, 7) is 0. The Balaban J connectivity index is 2.10. The SMILES string of the molecule is COc1ccc(NC(=O)Cc2c(N)c(=O)c2=O)cc1OC. The van der Waals surface area contributed by atoms with Gasteiger partial charge in [-0.25, -0.2) is 0 Å². The summed E-state index contributed by atoms with van der Waals surface area (Å²) in [6, 6.07) is 4.85. The number of nitrogens with two attached hydrogens (primary N) is 1. The first-order valence-corrected chi connectivity index (χ1v) is 6.07. The van der Waals surface area contributed by atoms with Crippen LogP contribution >= 0.6 is 0 Å². The zero-order chi connectivity index (χ0) is 15.6. The molecule has 1 amide bonds. The van der Waals surface area contributed by atoms with Crippen LogP contribution in [-0.2, 0) is 11.2 Å². The maximum atomic E-state index is 11.8. The lowest BCUT2D eigenvalue weighted by molar-refractivity contribution is -0.115. The van der Waals surface area contributed by atoms with Crippen molar-refractivity contribution in [2.24, 2.45) is 0 Å². The van der Waals surface area contributed by atoms with Crippen LogP contribution in [0.25, 0.3) is 0 Å². The summed E-state index contributed by atoms with van der Waals surface area (Å²) >= 11 is 0. The molecule has 0 aliphatic carbocycles. The molecule has 21 heavy (non-hydrogen) atoms. The molecular formula is C14H14N2O5. The largest absolute Gasteiger partial charge is 0.493 e. The van der Waals surface area contributed by atoms with Gasteiger partial charge in [-0.2, -0.15) is 0 Å². The fourth-order valence-corrected chi connectivity index (χ4v) is 1.91. The summed E-state index contributed by atoms with van der Waals surface area (Å²) in [6.07, 6.45) is -0.231. The van der Waals surface area contributed by atoms with Crippen LogP contribution in [0.2, 0.25) is 0 Å². The summed E-state index contributed by atoms with van der Waals surface area (Å²) in [7, 11) is 2.98. The molecular weight excluding hydrogens is 276 g/mol. The quantitative estimate of drug-likeness (QED) is 0.754. The minimum Gasteiger partial charge on any atom is -0.493 e. The predicted octanol–water partition coefficient (Wildman–Crippen LogP) is 0.0632. The van der Waals surface area contributed by atoms with Crippen LogP contribution in [0.3, 0.4) is 0 Å². The average Bonchev–Trinajstić information content (AvgIpc) is 2.51. The molecule has 3 N–H and O–H groups in total. The number of hydrogen-bond donors (Lipinski definition) is 2. The summed E-state index contributed by atoms with van der Waals surface area (Å²) in [4.78, 5) is 34.0. The monoisotopic (exact) mass is 290 g/mol. The first-order chi connectivity index (χ1) is 9.97. The molecule has 7 nitrogen and oxygen atoms in total. The number of hydrogen-bond acceptors (Lipinski definition) is 6. The third-order valence-corrected chi connectivity index (χ3v) is 3.05. The number of carbonyl (C=O) groups is 1. The van der Waals surface area contributed by atoms with Crippen LogP contribution in [0.1, 0.15) is 5.56 Å². The summed E-state index contributed by atoms with van der Waals surface area (Å²) in [5.41, 5.74) is 4.34. The number of methoxy groups -OCH3 is 2. The molecule has 2 rings (SSSR count). The number of nitrogens with one attached hydrogen (secondary N) is 1. The van der Waals surface area contributed by atoms with Crippen molar-refractivity contribution in [2.75, 3.05) is 25.3 Å². The number of nitrogen functional groups attached to an aromatic ring is 1. The Bertz CT molecular complexity index is 759. The van der Waals surface area contributed by atoms with Crippen LogP contribution in [0.15, 0.2) is 27.8 Å². The number of anilines is 2. The van der Waals surface area contributed by atoms with E-state index in [1.807, 2.05) is 0 Å². The van der Waals surface area contributed by atoms with Crippen LogP contribution in [-0.4, -0.2) is 20.1 Å². The van der Waals surface area contributed by atoms with Gasteiger partial charge in [-0.1, -0.05) is 0 Å². The van der Waals surface area contributed by atoms with E-state index in [4.69, 9.17) is 15.2 Å². The third-order valence-electron chi connectivity index (χ3n) is 3.05. The summed E-state index contributed by atoms with van der Waals surface area (Å²) in [5.74, 6) is 0.548. The van der Waals surface area contributed by atoms with E-state index in [1.165, 1.54) is 14.2 Å². The van der Waals surface area contributed by atoms with Crippen LogP contribution in [0.5, 0.6) is 11.5 Å². The van der Waals surface area contributed by atoms with Gasteiger partial charge in [0.2, 0.25) is 16.8 Å². The second kappa shape index (κ2) is 5.66. The molecule has 0 fully saturated rings. The Morgan fingerprint density at radius 2 is 1.81 bits per heavy atom. The second-order valence-electron chi connectivity index (χ2n) is 4.35. The predicted molar refractivity (Wildman–Crippen MR) is 77.6 cm³/mol. The Kier molecular flexibility index (Phi) is 3.93. The van der Waals surface area contributed by atoms with Crippen LogP contribution in [0, 0.1) is 0 Å². The van der Waals surface area contributed by atoms with Gasteiger partial charge in [-0.15, -0.1) is 0 Å². The van der Waals surface area contributed by atoms with E-state index in [1.54, 1.807) is 18.2 Å². The van der Waals surface area contributed by atoms with Gasteiger partial charge in [0, 0.05) is 17.3 Å². The fraction of sp³-hybridized carbons (Fsp3) is 0.214. The Hall–Kier alpha value is -2.83. The Labute approximate surface area is 120 Å². The maximum absolute atomic E-state index is 11.8. The highest BCUT2D eigenvalue weighted by Crippen LogP contribution is 2.29. The lowest BCUT2D eigenvalue weighted by Gasteiger charge is -2.11. The van der Waals surface area contributed by atoms with E-state index in [9.17, 15) is 14.4 Å². The third kappa shape index (κ3) is 2.71. The van der Waals surface area contributed by atoms with E-state index >= 15 is 0 Å². The molecule has 0 atom stereocenters. The number of benzene rings is 1. The molecule has 0 saturated carbocycles. The van der Waals surface area contributed by atoms with Crippen molar-refractivity contribution in [3.05, 3.63) is 44.2 Å². The van der Waals surface area contributed by atoms with Gasteiger partial charge in [0.15, 0.2) is 11.5 Å². The molecule has 2 aromatic carbocycles. The van der Waals surface area contributed by atoms with E-state index in [0.717, 1.165) is 0 Å². The number of carbonyl (C=O) groups excluding carboxylic acids is 1. The highest BCUT2D eigenvalue weighted by Gasteiger charge is 2.20. The van der Waals surface area contributed by atoms with Crippen molar-refractivity contribution >= 4 is 17.3 Å². The number of rotatable bonds is 5. The molecule has 0 aliphatic heterocycles. The molecule has 0 spiro atoms. The normalized spacial score (nSPS) is 10.4. The molecule has 0 heterocycles. The van der Waals surface area contributed by atoms with Crippen LogP contribution < -0.4 is 31.4 Å². The van der Waals surface area contributed by atoms with Crippen molar-refractivity contribution in [1.82, 2.24) is 0 Å². The van der Waals surface area contributed by atoms with Gasteiger partial charge in [-0.05, 0) is 12.1 Å². The van der Waals surface area contributed by atoms with Gasteiger partial charge < -0.3 is 20.5 Å². The van der Waals surface area contributed by atoms with Gasteiger partial charge in [0.1, 0.15) is 0 Å². The molecule has 2 aromatic rings. The lowest BCUT2D eigenvalue weighted by atomic mass is 10.0. The van der Waals surface area contributed by atoms with E-state index < -0.39 is 16.8 Å². The fourth-order valence-electron chi connectivity index (χ4n) is 1.91. The van der Waals surface area contributed by atoms with Crippen molar-refractivity contribution in [3.63, 3.8) is 0 Å². The Morgan fingerprint density at radius 3 is 2.38 bits per heavy atom. The highest BCUT2D eigenvalue weighted by atomic mass is 16.5. The first kappa shape index (κ1) is 14.6. The second-order valence-corrected chi connectivity index (χ2v) is 4.35. The smallest absolute Gasteiger partial charge is 0.249 e. The number of ether oxygens (including phenoxy) is 2. The first-order valence-electron chi connectivity index (χ1n) is 6.07. The average molecular weight is 290 g/mol. The van der Waals surface area contributed by atoms with Gasteiger partial charge in [0.05, 0.1) is 26.3 Å². The molecule has 0 radical (unpaired) electrons. The molecule has 7 heteroatoms. The summed E-state index contributed by atoms with van der Waals surface area (Å²) in [5, 5.41) is 2.60. The van der Waals surface area contributed by atoms with Gasteiger partial charge >= 0.3 is 0 Å². The van der Waals surface area contributed by atoms with Gasteiger partial charge in [0.25, 0.3) is 0 Å². The maximum Gasteiger partial charge on any atom is 0.249 e. The molecule has 0 bridgehead atoms. The van der Waals surface area contributed by atoms with E-state index in [0.29, 0.717) is 17.2 Å². The van der Waals surface area contributed by atoms with Crippen molar-refractivity contribution in [1.29, 1.82) is 0 Å². The van der Waals surface area contributed by atoms with E-state index in [2.05, 4.69) is 5.32 Å².